The molecule has 9 nitrogen and oxygen atoms in total. The molecule has 0 atom stereocenters. The molecule has 4 aromatic rings. The van der Waals surface area contributed by atoms with Crippen LogP contribution in [0.2, 0.25) is 0 Å². The van der Waals surface area contributed by atoms with Crippen molar-refractivity contribution in [1.29, 1.82) is 0 Å². The van der Waals surface area contributed by atoms with E-state index in [-0.39, 0.29) is 5.91 Å². The average Bonchev–Trinajstić information content (AvgIpc) is 3.37. The Labute approximate surface area is 180 Å². The molecule has 0 aliphatic carbocycles. The molecule has 31 heavy (non-hydrogen) atoms. The van der Waals surface area contributed by atoms with E-state index in [1.165, 1.54) is 0 Å². The standard InChI is InChI=1S/C22H24N8O/c1-15-19(14-26-30(15)18-7-5-4-6-8-18)22(31)25-10-9-24-20-13-21(28-16(2)27-20)29-12-11-23-17(29)3/h4-8,11-14H,9-10H2,1-3H3,(H,25,31)(H,24,27,28). The molecule has 0 unspecified atom stereocenters. The monoisotopic (exact) mass is 416 g/mol. The summed E-state index contributed by atoms with van der Waals surface area (Å²) >= 11 is 0. The normalized spacial score (nSPS) is 10.8. The van der Waals surface area contributed by atoms with Crippen molar-refractivity contribution >= 4 is 11.7 Å². The van der Waals surface area contributed by atoms with E-state index < -0.39 is 0 Å². The van der Waals surface area contributed by atoms with E-state index in [9.17, 15) is 4.79 Å². The first-order valence-corrected chi connectivity index (χ1v) is 10.0. The Kier molecular flexibility index (Phi) is 5.74. The lowest BCUT2D eigenvalue weighted by molar-refractivity contribution is 0.0954. The highest BCUT2D eigenvalue weighted by Gasteiger charge is 2.14. The average molecular weight is 416 g/mol. The van der Waals surface area contributed by atoms with Gasteiger partial charge in [0.1, 0.15) is 23.3 Å². The largest absolute Gasteiger partial charge is 0.368 e. The minimum atomic E-state index is -0.157. The van der Waals surface area contributed by atoms with Crippen LogP contribution in [0.3, 0.4) is 0 Å². The van der Waals surface area contributed by atoms with Crippen molar-refractivity contribution in [2.45, 2.75) is 20.8 Å². The molecular weight excluding hydrogens is 392 g/mol. The molecular formula is C22H24N8O. The number of nitrogens with zero attached hydrogens (tertiary/aromatic N) is 6. The van der Waals surface area contributed by atoms with Gasteiger partial charge in [0, 0.05) is 31.5 Å². The van der Waals surface area contributed by atoms with Crippen LogP contribution in [0.15, 0.2) is 55.0 Å². The molecule has 0 spiro atoms. The number of imidazole rings is 1. The van der Waals surface area contributed by atoms with Gasteiger partial charge in [0.15, 0.2) is 0 Å². The second-order valence-corrected chi connectivity index (χ2v) is 7.08. The number of anilines is 1. The molecule has 0 radical (unpaired) electrons. The Hall–Kier alpha value is -4.01. The summed E-state index contributed by atoms with van der Waals surface area (Å²) < 4.78 is 3.66. The third-order valence-corrected chi connectivity index (χ3v) is 4.87. The predicted octanol–water partition coefficient (Wildman–Crippen LogP) is 2.62. The van der Waals surface area contributed by atoms with Gasteiger partial charge in [0.25, 0.3) is 5.91 Å². The van der Waals surface area contributed by atoms with Gasteiger partial charge in [-0.25, -0.2) is 19.6 Å². The number of rotatable bonds is 7. The van der Waals surface area contributed by atoms with Crippen molar-refractivity contribution in [2.75, 3.05) is 18.4 Å². The fraction of sp³-hybridized carbons (Fsp3) is 0.227. The Bertz CT molecular complexity index is 1200. The summed E-state index contributed by atoms with van der Waals surface area (Å²) in [5, 5.41) is 10.5. The molecule has 0 bridgehead atoms. The van der Waals surface area contributed by atoms with Gasteiger partial charge < -0.3 is 10.6 Å². The van der Waals surface area contributed by atoms with Crippen molar-refractivity contribution in [1.82, 2.24) is 34.6 Å². The summed E-state index contributed by atoms with van der Waals surface area (Å²) in [5.74, 6) is 2.79. The van der Waals surface area contributed by atoms with Gasteiger partial charge in [0.05, 0.1) is 23.1 Å². The number of hydrogen-bond acceptors (Lipinski definition) is 6. The number of aromatic nitrogens is 6. The van der Waals surface area contributed by atoms with E-state index in [0.29, 0.717) is 30.3 Å². The van der Waals surface area contributed by atoms with Crippen LogP contribution in [-0.2, 0) is 0 Å². The van der Waals surface area contributed by atoms with Crippen molar-refractivity contribution in [3.05, 3.63) is 77.9 Å². The van der Waals surface area contributed by atoms with E-state index in [1.807, 2.05) is 67.9 Å². The second kappa shape index (κ2) is 8.78. The van der Waals surface area contributed by atoms with Crippen molar-refractivity contribution < 1.29 is 4.79 Å². The molecule has 0 aliphatic rings. The van der Waals surface area contributed by atoms with Crippen molar-refractivity contribution in [3.63, 3.8) is 0 Å². The minimum Gasteiger partial charge on any atom is -0.368 e. The van der Waals surface area contributed by atoms with Gasteiger partial charge in [-0.1, -0.05) is 18.2 Å². The van der Waals surface area contributed by atoms with Gasteiger partial charge in [-0.2, -0.15) is 5.10 Å². The number of nitrogens with one attached hydrogen (secondary N) is 2. The Morgan fingerprint density at radius 1 is 1.06 bits per heavy atom. The predicted molar refractivity (Wildman–Crippen MR) is 118 cm³/mol. The summed E-state index contributed by atoms with van der Waals surface area (Å²) in [4.78, 5) is 25.7. The number of aryl methyl sites for hydroxylation is 2. The lowest BCUT2D eigenvalue weighted by Crippen LogP contribution is -2.29. The molecule has 0 saturated carbocycles. The molecule has 2 N–H and O–H groups in total. The first-order valence-electron chi connectivity index (χ1n) is 10.0. The lowest BCUT2D eigenvalue weighted by Gasteiger charge is -2.11. The maximum Gasteiger partial charge on any atom is 0.254 e. The molecule has 1 aromatic carbocycles. The SMILES string of the molecule is Cc1nc(NCCNC(=O)c2cnn(-c3ccccc3)c2C)cc(-n2ccnc2C)n1. The molecule has 3 heterocycles. The maximum absolute atomic E-state index is 12.6. The fourth-order valence-corrected chi connectivity index (χ4v) is 3.31. The fourth-order valence-electron chi connectivity index (χ4n) is 3.31. The van der Waals surface area contributed by atoms with Crippen LogP contribution in [-0.4, -0.2) is 48.3 Å². The number of carbonyl (C=O) groups excluding carboxylic acids is 1. The number of para-hydroxylation sites is 1. The second-order valence-electron chi connectivity index (χ2n) is 7.08. The van der Waals surface area contributed by atoms with Crippen LogP contribution >= 0.6 is 0 Å². The van der Waals surface area contributed by atoms with Gasteiger partial charge in [-0.15, -0.1) is 0 Å². The van der Waals surface area contributed by atoms with Crippen LogP contribution in [0.25, 0.3) is 11.5 Å². The lowest BCUT2D eigenvalue weighted by atomic mass is 10.2. The highest BCUT2D eigenvalue weighted by Crippen LogP contribution is 2.14. The summed E-state index contributed by atoms with van der Waals surface area (Å²) in [6.45, 7) is 6.61. The number of benzene rings is 1. The highest BCUT2D eigenvalue weighted by molar-refractivity contribution is 5.95. The third-order valence-electron chi connectivity index (χ3n) is 4.87. The zero-order chi connectivity index (χ0) is 21.8. The van der Waals surface area contributed by atoms with Crippen molar-refractivity contribution in [3.8, 4) is 11.5 Å². The highest BCUT2D eigenvalue weighted by atomic mass is 16.1. The van der Waals surface area contributed by atoms with Crippen LogP contribution in [0.4, 0.5) is 5.82 Å². The van der Waals surface area contributed by atoms with Gasteiger partial charge >= 0.3 is 0 Å². The van der Waals surface area contributed by atoms with E-state index in [2.05, 4.69) is 30.7 Å². The molecule has 1 amide bonds. The van der Waals surface area contributed by atoms with E-state index >= 15 is 0 Å². The van der Waals surface area contributed by atoms with Gasteiger partial charge in [-0.05, 0) is 32.9 Å². The van der Waals surface area contributed by atoms with Crippen molar-refractivity contribution in [2.24, 2.45) is 0 Å². The van der Waals surface area contributed by atoms with Crippen LogP contribution in [0, 0.1) is 20.8 Å². The topological polar surface area (TPSA) is 103 Å². The summed E-state index contributed by atoms with van der Waals surface area (Å²) in [6.07, 6.45) is 5.19. The molecule has 4 rings (SSSR count). The van der Waals surface area contributed by atoms with E-state index in [4.69, 9.17) is 0 Å². The van der Waals surface area contributed by atoms with Crippen LogP contribution in [0.5, 0.6) is 0 Å². The molecule has 0 aliphatic heterocycles. The van der Waals surface area contributed by atoms with Gasteiger partial charge in [-0.3, -0.25) is 9.36 Å². The zero-order valence-electron chi connectivity index (χ0n) is 17.7. The summed E-state index contributed by atoms with van der Waals surface area (Å²) in [5.41, 5.74) is 2.27. The van der Waals surface area contributed by atoms with E-state index in [0.717, 1.165) is 23.0 Å². The number of carbonyl (C=O) groups is 1. The van der Waals surface area contributed by atoms with Crippen LogP contribution < -0.4 is 10.6 Å². The molecule has 3 aromatic heterocycles. The quantitative estimate of drug-likeness (QED) is 0.449. The molecule has 0 fully saturated rings. The zero-order valence-corrected chi connectivity index (χ0v) is 17.7. The number of amides is 1. The first kappa shape index (κ1) is 20.3. The molecule has 158 valence electrons. The Morgan fingerprint density at radius 3 is 2.61 bits per heavy atom. The maximum atomic E-state index is 12.6. The number of hydrogen-bond donors (Lipinski definition) is 2. The minimum absolute atomic E-state index is 0.157. The first-order chi connectivity index (χ1) is 15.0. The Morgan fingerprint density at radius 2 is 1.87 bits per heavy atom. The Balaban J connectivity index is 1.35. The van der Waals surface area contributed by atoms with E-state index in [1.54, 1.807) is 17.1 Å². The summed E-state index contributed by atoms with van der Waals surface area (Å²) in [7, 11) is 0. The summed E-state index contributed by atoms with van der Waals surface area (Å²) in [6, 6.07) is 11.6. The smallest absolute Gasteiger partial charge is 0.254 e. The third kappa shape index (κ3) is 4.45. The molecule has 9 heteroatoms. The van der Waals surface area contributed by atoms with Gasteiger partial charge in [0.2, 0.25) is 0 Å². The van der Waals surface area contributed by atoms with Crippen LogP contribution in [0.1, 0.15) is 27.7 Å². The molecule has 0 saturated heterocycles.